The van der Waals surface area contributed by atoms with Crippen molar-refractivity contribution in [1.29, 1.82) is 0 Å². The Labute approximate surface area is 117 Å². The van der Waals surface area contributed by atoms with Gasteiger partial charge in [0.15, 0.2) is 0 Å². The molecule has 2 nitrogen and oxygen atoms in total. The van der Waals surface area contributed by atoms with Gasteiger partial charge in [0.05, 0.1) is 8.45 Å². The van der Waals surface area contributed by atoms with Gasteiger partial charge >= 0.3 is 0 Å². The third-order valence-electron chi connectivity index (χ3n) is 1.81. The molecule has 0 aliphatic heterocycles. The lowest BCUT2D eigenvalue weighted by Crippen LogP contribution is -2.34. The maximum atomic E-state index is 12.0. The van der Waals surface area contributed by atoms with Gasteiger partial charge in [0.2, 0.25) is 0 Å². The molecule has 1 aromatic heterocycles. The minimum Gasteiger partial charge on any atom is -0.336 e. The Balaban J connectivity index is 2.71. The number of carbonyl (C=O) groups is 1. The zero-order valence-corrected chi connectivity index (χ0v) is 12.4. The second kappa shape index (κ2) is 6.93. The van der Waals surface area contributed by atoms with E-state index in [0.29, 0.717) is 24.8 Å². The number of hydrogen-bond acceptors (Lipinski definition) is 2. The fourth-order valence-corrected chi connectivity index (χ4v) is 2.85. The Bertz CT molecular complexity index is 326. The number of amides is 1. The van der Waals surface area contributed by atoms with E-state index < -0.39 is 0 Å². The molecule has 15 heavy (non-hydrogen) atoms. The summed E-state index contributed by atoms with van der Waals surface area (Å²) in [4.78, 5) is 13.6. The summed E-state index contributed by atoms with van der Waals surface area (Å²) in [6.45, 7) is 1.08. The molecule has 0 saturated carbocycles. The number of nitrogens with zero attached hydrogens (tertiary/aromatic N) is 1. The highest BCUT2D eigenvalue weighted by atomic mass is 127. The third-order valence-corrected chi connectivity index (χ3v) is 3.94. The van der Waals surface area contributed by atoms with E-state index in [4.69, 9.17) is 23.2 Å². The van der Waals surface area contributed by atoms with Gasteiger partial charge in [-0.25, -0.2) is 0 Å². The van der Waals surface area contributed by atoms with Crippen LogP contribution in [-0.4, -0.2) is 35.7 Å². The second-order valence-electron chi connectivity index (χ2n) is 2.81. The van der Waals surface area contributed by atoms with Gasteiger partial charge in [0.1, 0.15) is 0 Å². The molecule has 0 aromatic carbocycles. The Morgan fingerprint density at radius 3 is 2.40 bits per heavy atom. The Hall–Kier alpha value is 0.480. The van der Waals surface area contributed by atoms with Crippen molar-refractivity contribution in [3.63, 3.8) is 0 Å². The molecule has 0 aliphatic rings. The van der Waals surface area contributed by atoms with Crippen LogP contribution in [0.1, 0.15) is 10.4 Å². The van der Waals surface area contributed by atoms with E-state index in [-0.39, 0.29) is 5.91 Å². The van der Waals surface area contributed by atoms with E-state index in [1.165, 1.54) is 0 Å². The molecule has 0 atom stereocenters. The number of thiophene rings is 1. The van der Waals surface area contributed by atoms with Crippen molar-refractivity contribution < 1.29 is 4.79 Å². The summed E-state index contributed by atoms with van der Waals surface area (Å²) in [5.74, 6) is 0.878. The van der Waals surface area contributed by atoms with Crippen molar-refractivity contribution in [2.45, 2.75) is 0 Å². The van der Waals surface area contributed by atoms with E-state index in [0.717, 1.165) is 8.45 Å². The standard InChI is InChI=1S/C9H10Cl2INOS/c10-1-3-13(4-2-11)9(14)7-5-8(12)15-6-7/h5-6H,1-4H2. The van der Waals surface area contributed by atoms with Gasteiger partial charge in [-0.05, 0) is 28.7 Å². The molecule has 0 N–H and O–H groups in total. The number of carbonyl (C=O) groups excluding carboxylic acids is 1. The molecule has 0 radical (unpaired) electrons. The zero-order valence-electron chi connectivity index (χ0n) is 7.88. The Kier molecular flexibility index (Phi) is 6.26. The van der Waals surface area contributed by atoms with E-state index in [1.807, 2.05) is 11.4 Å². The molecular formula is C9H10Cl2INOS. The SMILES string of the molecule is O=C(c1csc(I)c1)N(CCCl)CCCl. The zero-order chi connectivity index (χ0) is 11.3. The summed E-state index contributed by atoms with van der Waals surface area (Å²) in [5, 5.41) is 1.86. The van der Waals surface area contributed by atoms with Crippen molar-refractivity contribution in [2.75, 3.05) is 24.8 Å². The van der Waals surface area contributed by atoms with Crippen LogP contribution in [0.15, 0.2) is 11.4 Å². The van der Waals surface area contributed by atoms with Crippen molar-refractivity contribution in [2.24, 2.45) is 0 Å². The van der Waals surface area contributed by atoms with Crippen LogP contribution in [0.2, 0.25) is 0 Å². The summed E-state index contributed by atoms with van der Waals surface area (Å²) in [6, 6.07) is 1.88. The normalized spacial score (nSPS) is 10.3. The molecule has 1 aromatic rings. The fraction of sp³-hybridized carbons (Fsp3) is 0.444. The van der Waals surface area contributed by atoms with Gasteiger partial charge in [0.25, 0.3) is 5.91 Å². The lowest BCUT2D eigenvalue weighted by molar-refractivity contribution is 0.0775. The van der Waals surface area contributed by atoms with Crippen LogP contribution in [-0.2, 0) is 0 Å². The molecule has 84 valence electrons. The molecule has 0 aliphatic carbocycles. The van der Waals surface area contributed by atoms with Gasteiger partial charge in [-0.15, -0.1) is 34.5 Å². The summed E-state index contributed by atoms with van der Waals surface area (Å²) in [7, 11) is 0. The van der Waals surface area contributed by atoms with Crippen molar-refractivity contribution in [3.8, 4) is 0 Å². The van der Waals surface area contributed by atoms with E-state index in [9.17, 15) is 4.79 Å². The highest BCUT2D eigenvalue weighted by Crippen LogP contribution is 2.18. The van der Waals surface area contributed by atoms with Crippen LogP contribution in [0.5, 0.6) is 0 Å². The Morgan fingerprint density at radius 1 is 1.40 bits per heavy atom. The molecule has 0 saturated heterocycles. The highest BCUT2D eigenvalue weighted by Gasteiger charge is 2.15. The number of rotatable bonds is 5. The number of halogens is 3. The molecule has 1 amide bonds. The first-order valence-electron chi connectivity index (χ1n) is 4.34. The van der Waals surface area contributed by atoms with E-state index >= 15 is 0 Å². The van der Waals surface area contributed by atoms with Gasteiger partial charge < -0.3 is 4.90 Å². The predicted octanol–water partition coefficient (Wildman–Crippen LogP) is 3.27. The third kappa shape index (κ3) is 4.09. The first-order valence-corrected chi connectivity index (χ1v) is 7.37. The molecule has 1 heterocycles. The Morgan fingerprint density at radius 2 is 2.00 bits per heavy atom. The first-order chi connectivity index (χ1) is 7.19. The van der Waals surface area contributed by atoms with E-state index in [1.54, 1.807) is 16.2 Å². The quantitative estimate of drug-likeness (QED) is 0.569. The summed E-state index contributed by atoms with van der Waals surface area (Å²) in [6.07, 6.45) is 0. The molecular weight excluding hydrogens is 368 g/mol. The molecule has 0 unspecified atom stereocenters. The van der Waals surface area contributed by atoms with Gasteiger partial charge in [-0.3, -0.25) is 4.79 Å². The topological polar surface area (TPSA) is 20.3 Å². The molecule has 0 spiro atoms. The van der Waals surface area contributed by atoms with E-state index in [2.05, 4.69) is 22.6 Å². The van der Waals surface area contributed by atoms with Crippen molar-refractivity contribution in [1.82, 2.24) is 4.90 Å². The molecule has 0 bridgehead atoms. The molecule has 1 rings (SSSR count). The van der Waals surface area contributed by atoms with Crippen LogP contribution < -0.4 is 0 Å². The first kappa shape index (κ1) is 13.5. The monoisotopic (exact) mass is 377 g/mol. The maximum Gasteiger partial charge on any atom is 0.254 e. The van der Waals surface area contributed by atoms with Crippen molar-refractivity contribution in [3.05, 3.63) is 19.9 Å². The van der Waals surface area contributed by atoms with Gasteiger partial charge in [-0.2, -0.15) is 0 Å². The maximum absolute atomic E-state index is 12.0. The lowest BCUT2D eigenvalue weighted by Gasteiger charge is -2.19. The van der Waals surface area contributed by atoms with Crippen LogP contribution in [0.3, 0.4) is 0 Å². The van der Waals surface area contributed by atoms with Gasteiger partial charge in [-0.1, -0.05) is 0 Å². The summed E-state index contributed by atoms with van der Waals surface area (Å²) < 4.78 is 1.10. The lowest BCUT2D eigenvalue weighted by atomic mass is 10.3. The molecule has 6 heteroatoms. The summed E-state index contributed by atoms with van der Waals surface area (Å²) >= 11 is 15.0. The van der Waals surface area contributed by atoms with Crippen LogP contribution in [0.25, 0.3) is 0 Å². The largest absolute Gasteiger partial charge is 0.336 e. The smallest absolute Gasteiger partial charge is 0.254 e. The number of alkyl halides is 2. The van der Waals surface area contributed by atoms with Crippen LogP contribution in [0.4, 0.5) is 0 Å². The minimum absolute atomic E-state index is 0.00969. The minimum atomic E-state index is 0.00969. The predicted molar refractivity (Wildman–Crippen MR) is 74.4 cm³/mol. The van der Waals surface area contributed by atoms with Crippen molar-refractivity contribution >= 4 is 63.0 Å². The van der Waals surface area contributed by atoms with Crippen LogP contribution >= 0.6 is 57.1 Å². The second-order valence-corrected chi connectivity index (χ2v) is 6.37. The summed E-state index contributed by atoms with van der Waals surface area (Å²) in [5.41, 5.74) is 0.722. The van der Waals surface area contributed by atoms with Crippen LogP contribution in [0, 0.1) is 2.88 Å². The highest BCUT2D eigenvalue weighted by molar-refractivity contribution is 14.1. The molecule has 0 fully saturated rings. The average Bonchev–Trinajstić information content (AvgIpc) is 2.63. The average molecular weight is 378 g/mol. The van der Waals surface area contributed by atoms with Gasteiger partial charge in [0, 0.05) is 30.2 Å². The fourth-order valence-electron chi connectivity index (χ4n) is 1.12. The number of hydrogen-bond donors (Lipinski definition) is 0.